The first-order valence-corrected chi connectivity index (χ1v) is 10.5. The molecular weight excluding hydrogens is 390 g/mol. The molecule has 0 aliphatic carbocycles. The minimum absolute atomic E-state index is 0.0932. The summed E-state index contributed by atoms with van der Waals surface area (Å²) in [5.41, 5.74) is 4.20. The van der Waals surface area contributed by atoms with E-state index >= 15 is 0 Å². The molecule has 1 saturated heterocycles. The molecule has 0 spiro atoms. The van der Waals surface area contributed by atoms with E-state index in [1.807, 2.05) is 36.7 Å². The number of aryl methyl sites for hydroxylation is 1. The number of hydrogen-bond donors (Lipinski definition) is 2. The van der Waals surface area contributed by atoms with E-state index in [4.69, 9.17) is 4.74 Å². The third kappa shape index (κ3) is 5.33. The summed E-state index contributed by atoms with van der Waals surface area (Å²) in [7, 11) is 0. The Balaban J connectivity index is 1.60. The van der Waals surface area contributed by atoms with Crippen LogP contribution in [0.25, 0.3) is 10.4 Å². The van der Waals surface area contributed by atoms with Crippen molar-refractivity contribution in [3.05, 3.63) is 41.0 Å². The third-order valence-corrected chi connectivity index (χ3v) is 5.62. The molecule has 0 radical (unpaired) electrons. The molecule has 7 nitrogen and oxygen atoms in total. The lowest BCUT2D eigenvalue weighted by atomic mass is 10.1. The average Bonchev–Trinajstić information content (AvgIpc) is 3.24. The number of nitrogens with zero attached hydrogens (tertiary/aromatic N) is 2. The first-order valence-electron chi connectivity index (χ1n) is 9.59. The van der Waals surface area contributed by atoms with Crippen molar-refractivity contribution < 1.29 is 19.4 Å². The molecule has 1 aliphatic rings. The maximum atomic E-state index is 12.7. The quantitative estimate of drug-likeness (QED) is 0.798. The van der Waals surface area contributed by atoms with Crippen LogP contribution in [0.4, 0.5) is 4.79 Å². The minimum atomic E-state index is -0.737. The first-order chi connectivity index (χ1) is 13.6. The van der Waals surface area contributed by atoms with Crippen molar-refractivity contribution in [1.29, 1.82) is 0 Å². The number of amides is 2. The molecule has 8 heteroatoms. The zero-order valence-electron chi connectivity index (χ0n) is 17.1. The molecule has 156 valence electrons. The molecule has 2 amide bonds. The normalized spacial score (nSPS) is 19.3. The van der Waals surface area contributed by atoms with Crippen LogP contribution in [0.2, 0.25) is 0 Å². The van der Waals surface area contributed by atoms with Gasteiger partial charge in [-0.1, -0.05) is 24.3 Å². The van der Waals surface area contributed by atoms with Gasteiger partial charge in [0.2, 0.25) is 5.91 Å². The van der Waals surface area contributed by atoms with Gasteiger partial charge in [0.25, 0.3) is 0 Å². The maximum Gasteiger partial charge on any atom is 0.411 e. The molecular formula is C21H27N3O4S. The van der Waals surface area contributed by atoms with E-state index in [0.717, 1.165) is 21.7 Å². The molecule has 2 aromatic rings. The predicted molar refractivity (Wildman–Crippen MR) is 111 cm³/mol. The molecule has 2 heterocycles. The number of aliphatic hydroxyl groups is 1. The van der Waals surface area contributed by atoms with Crippen LogP contribution in [0, 0.1) is 6.92 Å². The summed E-state index contributed by atoms with van der Waals surface area (Å²) in [5.74, 6) is -0.296. The Hall–Kier alpha value is -2.45. The maximum absolute atomic E-state index is 12.7. The fourth-order valence-corrected chi connectivity index (χ4v) is 4.06. The number of carbonyl (C=O) groups excluding carboxylic acids is 2. The van der Waals surface area contributed by atoms with Gasteiger partial charge in [0, 0.05) is 13.0 Å². The lowest BCUT2D eigenvalue weighted by Gasteiger charge is -2.27. The molecule has 29 heavy (non-hydrogen) atoms. The summed E-state index contributed by atoms with van der Waals surface area (Å²) in [5, 5.41) is 12.8. The van der Waals surface area contributed by atoms with Crippen LogP contribution in [0.3, 0.4) is 0 Å². The number of carbonyl (C=O) groups is 2. The topological polar surface area (TPSA) is 91.8 Å². The number of nitrogens with one attached hydrogen (secondary N) is 1. The molecule has 1 fully saturated rings. The number of benzene rings is 1. The largest absolute Gasteiger partial charge is 0.444 e. The standard InChI is InChI=1S/C21H27N3O4S/c1-13-18(29-12-23-13)15-7-5-14(6-8-15)10-22-19(26)17-9-16(25)11-24(17)20(27)28-21(2,3)4/h5-8,12,16-17,25H,9-11H2,1-4H3,(H,22,26)/t16-,17-/m1/s1. The molecule has 2 atom stereocenters. The average molecular weight is 418 g/mol. The Morgan fingerprint density at radius 1 is 1.31 bits per heavy atom. The molecule has 1 aliphatic heterocycles. The van der Waals surface area contributed by atoms with Crippen LogP contribution < -0.4 is 5.32 Å². The fraction of sp³-hybridized carbons (Fsp3) is 0.476. The number of rotatable bonds is 4. The summed E-state index contributed by atoms with van der Waals surface area (Å²) in [6, 6.07) is 7.20. The number of aromatic nitrogens is 1. The Kier molecular flexibility index (Phi) is 6.24. The number of hydrogen-bond acceptors (Lipinski definition) is 6. The van der Waals surface area contributed by atoms with Crippen LogP contribution in [0.15, 0.2) is 29.8 Å². The predicted octanol–water partition coefficient (Wildman–Crippen LogP) is 3.11. The van der Waals surface area contributed by atoms with E-state index in [2.05, 4.69) is 10.3 Å². The van der Waals surface area contributed by atoms with Gasteiger partial charge in [-0.15, -0.1) is 11.3 Å². The summed E-state index contributed by atoms with van der Waals surface area (Å²) in [4.78, 5) is 31.8. The molecule has 0 bridgehead atoms. The smallest absolute Gasteiger partial charge is 0.411 e. The van der Waals surface area contributed by atoms with E-state index in [9.17, 15) is 14.7 Å². The summed E-state index contributed by atoms with van der Waals surface area (Å²) < 4.78 is 5.36. The number of likely N-dealkylation sites (tertiary alicyclic amines) is 1. The van der Waals surface area contributed by atoms with E-state index in [-0.39, 0.29) is 18.9 Å². The number of aliphatic hydroxyl groups excluding tert-OH is 1. The molecule has 3 rings (SSSR count). The van der Waals surface area contributed by atoms with Crippen molar-refractivity contribution in [2.24, 2.45) is 0 Å². The van der Waals surface area contributed by atoms with E-state index in [1.54, 1.807) is 32.1 Å². The third-order valence-electron chi connectivity index (χ3n) is 4.64. The van der Waals surface area contributed by atoms with Crippen molar-refractivity contribution in [1.82, 2.24) is 15.2 Å². The SMILES string of the molecule is Cc1ncsc1-c1ccc(CNC(=O)[C@H]2C[C@@H](O)CN2C(=O)OC(C)(C)C)cc1. The lowest BCUT2D eigenvalue weighted by Crippen LogP contribution is -2.47. The van der Waals surface area contributed by atoms with Crippen LogP contribution in [-0.2, 0) is 16.1 Å². The van der Waals surface area contributed by atoms with Crippen LogP contribution in [0.5, 0.6) is 0 Å². The van der Waals surface area contributed by atoms with Gasteiger partial charge < -0.3 is 15.2 Å². The molecule has 0 unspecified atom stereocenters. The summed E-state index contributed by atoms with van der Waals surface area (Å²) >= 11 is 1.60. The second kappa shape index (κ2) is 8.51. The van der Waals surface area contributed by atoms with Crippen LogP contribution >= 0.6 is 11.3 Å². The minimum Gasteiger partial charge on any atom is -0.444 e. The van der Waals surface area contributed by atoms with E-state index < -0.39 is 23.8 Å². The van der Waals surface area contributed by atoms with Crippen molar-refractivity contribution in [2.75, 3.05) is 6.54 Å². The van der Waals surface area contributed by atoms with Crippen molar-refractivity contribution in [3.8, 4) is 10.4 Å². The van der Waals surface area contributed by atoms with Gasteiger partial charge in [0.15, 0.2) is 0 Å². The molecule has 0 saturated carbocycles. The van der Waals surface area contributed by atoms with Gasteiger partial charge in [0.1, 0.15) is 11.6 Å². The zero-order valence-corrected chi connectivity index (χ0v) is 18.0. The highest BCUT2D eigenvalue weighted by atomic mass is 32.1. The highest BCUT2D eigenvalue weighted by molar-refractivity contribution is 7.13. The number of thiazole rings is 1. The van der Waals surface area contributed by atoms with Crippen molar-refractivity contribution in [3.63, 3.8) is 0 Å². The number of ether oxygens (including phenoxy) is 1. The Morgan fingerprint density at radius 3 is 2.59 bits per heavy atom. The highest BCUT2D eigenvalue weighted by Crippen LogP contribution is 2.27. The molecule has 1 aromatic heterocycles. The van der Waals surface area contributed by atoms with Gasteiger partial charge in [0.05, 0.1) is 28.7 Å². The van der Waals surface area contributed by atoms with E-state index in [1.165, 1.54) is 4.90 Å². The van der Waals surface area contributed by atoms with Crippen molar-refractivity contribution in [2.45, 2.75) is 58.4 Å². The second-order valence-electron chi connectivity index (χ2n) is 8.22. The van der Waals surface area contributed by atoms with Gasteiger partial charge in [-0.25, -0.2) is 9.78 Å². The Morgan fingerprint density at radius 2 is 2.00 bits per heavy atom. The van der Waals surface area contributed by atoms with Gasteiger partial charge in [-0.3, -0.25) is 9.69 Å². The molecule has 1 aromatic carbocycles. The summed E-state index contributed by atoms with van der Waals surface area (Å²) in [6.07, 6.45) is -1.12. The van der Waals surface area contributed by atoms with Crippen molar-refractivity contribution >= 4 is 23.3 Å². The Bertz CT molecular complexity index is 873. The molecule has 2 N–H and O–H groups in total. The van der Waals surface area contributed by atoms with Gasteiger partial charge >= 0.3 is 6.09 Å². The lowest BCUT2D eigenvalue weighted by molar-refractivity contribution is -0.125. The highest BCUT2D eigenvalue weighted by Gasteiger charge is 2.40. The van der Waals surface area contributed by atoms with E-state index in [0.29, 0.717) is 6.54 Å². The zero-order chi connectivity index (χ0) is 21.2. The van der Waals surface area contributed by atoms with Crippen LogP contribution in [-0.4, -0.2) is 51.3 Å². The first kappa shape index (κ1) is 21.3. The van der Waals surface area contributed by atoms with Gasteiger partial charge in [-0.2, -0.15) is 0 Å². The fourth-order valence-electron chi connectivity index (χ4n) is 3.24. The summed E-state index contributed by atoms with van der Waals surface area (Å²) in [6.45, 7) is 7.72. The van der Waals surface area contributed by atoms with Crippen LogP contribution in [0.1, 0.15) is 38.4 Å². The second-order valence-corrected chi connectivity index (χ2v) is 9.07. The Labute approximate surface area is 174 Å². The monoisotopic (exact) mass is 417 g/mol. The number of β-amino-alcohol motifs (C(OH)–C–C–N with tert-alkyl or cyclic N) is 1. The van der Waals surface area contributed by atoms with Gasteiger partial charge in [-0.05, 0) is 38.8 Å².